The van der Waals surface area contributed by atoms with Crippen molar-refractivity contribution < 1.29 is 4.39 Å². The Balaban J connectivity index is 2.04. The summed E-state index contributed by atoms with van der Waals surface area (Å²) in [5.41, 5.74) is 3.58. The van der Waals surface area contributed by atoms with E-state index in [1.54, 1.807) is 12.3 Å². The molecule has 1 atom stereocenters. The molecule has 1 aromatic carbocycles. The molecule has 0 fully saturated rings. The van der Waals surface area contributed by atoms with Crippen LogP contribution in [0.5, 0.6) is 0 Å². The largest absolute Gasteiger partial charge is 0.338 e. The molecule has 0 spiro atoms. The maximum atomic E-state index is 13.2. The number of aromatic nitrogens is 2. The maximum absolute atomic E-state index is 13.2. The van der Waals surface area contributed by atoms with Crippen molar-refractivity contribution in [1.82, 2.24) is 15.0 Å². The predicted molar refractivity (Wildman–Crippen MR) is 68.0 cm³/mol. The molecule has 1 aromatic heterocycles. The second-order valence-corrected chi connectivity index (χ2v) is 4.27. The number of nitrogens with zero attached hydrogens (tertiary/aromatic N) is 2. The summed E-state index contributed by atoms with van der Waals surface area (Å²) >= 11 is 0. The van der Waals surface area contributed by atoms with Crippen molar-refractivity contribution in [3.63, 3.8) is 0 Å². The van der Waals surface area contributed by atoms with E-state index in [2.05, 4.69) is 10.4 Å². The van der Waals surface area contributed by atoms with E-state index in [0.717, 1.165) is 24.2 Å². The van der Waals surface area contributed by atoms with Crippen molar-refractivity contribution in [2.75, 3.05) is 0 Å². The molecule has 1 heterocycles. The van der Waals surface area contributed by atoms with Crippen molar-refractivity contribution in [1.29, 1.82) is 0 Å². The van der Waals surface area contributed by atoms with Gasteiger partial charge in [0.05, 0.1) is 0 Å². The highest BCUT2D eigenvalue weighted by Gasteiger charge is 2.11. The molecule has 18 heavy (non-hydrogen) atoms. The number of imidazole rings is 1. The minimum atomic E-state index is -0.246. The fourth-order valence-corrected chi connectivity index (χ4v) is 1.98. The Morgan fingerprint density at radius 3 is 2.94 bits per heavy atom. The molecule has 2 rings (SSSR count). The lowest BCUT2D eigenvalue weighted by molar-refractivity contribution is 0.502. The highest BCUT2D eigenvalue weighted by molar-refractivity contribution is 5.20. The maximum Gasteiger partial charge on any atom is 0.123 e. The molecule has 2 aromatic rings. The molecule has 96 valence electrons. The average Bonchev–Trinajstić information content (AvgIpc) is 2.76. The van der Waals surface area contributed by atoms with Gasteiger partial charge in [0.15, 0.2) is 0 Å². The number of rotatable bonds is 5. The third kappa shape index (κ3) is 2.94. The fourth-order valence-electron chi connectivity index (χ4n) is 1.98. The Morgan fingerprint density at radius 2 is 2.33 bits per heavy atom. The summed E-state index contributed by atoms with van der Waals surface area (Å²) < 4.78 is 15.1. The second kappa shape index (κ2) is 5.75. The summed E-state index contributed by atoms with van der Waals surface area (Å²) in [6.07, 6.45) is 5.23. The van der Waals surface area contributed by atoms with Crippen molar-refractivity contribution >= 4 is 0 Å². The fraction of sp³-hybridized carbons (Fsp3) is 0.308. The van der Waals surface area contributed by atoms with Crippen LogP contribution in [0, 0.1) is 5.82 Å². The molecule has 4 nitrogen and oxygen atoms in total. The Bertz CT molecular complexity index is 509. The van der Waals surface area contributed by atoms with Gasteiger partial charge in [0.1, 0.15) is 11.6 Å². The lowest BCUT2D eigenvalue weighted by atomic mass is 10.0. The van der Waals surface area contributed by atoms with Crippen LogP contribution in [0.3, 0.4) is 0 Å². The first-order valence-corrected chi connectivity index (χ1v) is 5.88. The Hall–Kier alpha value is -1.72. The molecule has 0 radical (unpaired) electrons. The van der Waals surface area contributed by atoms with Crippen molar-refractivity contribution in [2.45, 2.75) is 18.9 Å². The number of nitrogens with one attached hydrogen (secondary N) is 1. The summed E-state index contributed by atoms with van der Waals surface area (Å²) in [6.45, 7) is 0. The standard InChI is InChI=1S/C13H17FN4/c1-18-8-7-16-13(18)6-5-12(17-15)10-3-2-4-11(14)9-10/h2-4,7-9,12,17H,5-6,15H2,1H3. The zero-order chi connectivity index (χ0) is 13.0. The number of aryl methyl sites for hydroxylation is 2. The average molecular weight is 248 g/mol. The molecule has 0 aliphatic rings. The quantitative estimate of drug-likeness (QED) is 0.625. The van der Waals surface area contributed by atoms with E-state index < -0.39 is 0 Å². The van der Waals surface area contributed by atoms with E-state index in [1.807, 2.05) is 23.9 Å². The third-order valence-electron chi connectivity index (χ3n) is 3.03. The molecule has 3 N–H and O–H groups in total. The van der Waals surface area contributed by atoms with E-state index >= 15 is 0 Å². The van der Waals surface area contributed by atoms with Crippen molar-refractivity contribution in [3.05, 3.63) is 53.9 Å². The number of halogens is 1. The van der Waals surface area contributed by atoms with E-state index in [4.69, 9.17) is 5.84 Å². The van der Waals surface area contributed by atoms with E-state index in [9.17, 15) is 4.39 Å². The molecule has 0 saturated heterocycles. The van der Waals surface area contributed by atoms with Crippen LogP contribution in [0.4, 0.5) is 4.39 Å². The molecule has 0 aliphatic carbocycles. The highest BCUT2D eigenvalue weighted by Crippen LogP contribution is 2.18. The number of hydrogen-bond donors (Lipinski definition) is 2. The van der Waals surface area contributed by atoms with Crippen LogP contribution in [-0.4, -0.2) is 9.55 Å². The first-order valence-electron chi connectivity index (χ1n) is 5.88. The summed E-state index contributed by atoms with van der Waals surface area (Å²) in [4.78, 5) is 4.25. The molecule has 0 bridgehead atoms. The predicted octanol–water partition coefficient (Wildman–Crippen LogP) is 1.70. The highest BCUT2D eigenvalue weighted by atomic mass is 19.1. The van der Waals surface area contributed by atoms with Gasteiger partial charge in [-0.05, 0) is 24.1 Å². The monoisotopic (exact) mass is 248 g/mol. The molecule has 0 aliphatic heterocycles. The zero-order valence-corrected chi connectivity index (χ0v) is 10.3. The SMILES string of the molecule is Cn1ccnc1CCC(NN)c1cccc(F)c1. The van der Waals surface area contributed by atoms with Crippen LogP contribution in [-0.2, 0) is 13.5 Å². The van der Waals surface area contributed by atoms with Gasteiger partial charge in [-0.25, -0.2) is 9.37 Å². The molecule has 0 saturated carbocycles. The zero-order valence-electron chi connectivity index (χ0n) is 10.3. The van der Waals surface area contributed by atoms with Crippen LogP contribution in [0.25, 0.3) is 0 Å². The molecule has 1 unspecified atom stereocenters. The molecular formula is C13H17FN4. The summed E-state index contributed by atoms with van der Waals surface area (Å²) in [6, 6.07) is 6.41. The van der Waals surface area contributed by atoms with Gasteiger partial charge in [-0.3, -0.25) is 11.3 Å². The molecule has 5 heteroatoms. The normalized spacial score (nSPS) is 12.6. The summed E-state index contributed by atoms with van der Waals surface area (Å²) in [7, 11) is 1.95. The minimum Gasteiger partial charge on any atom is -0.338 e. The van der Waals surface area contributed by atoms with Crippen LogP contribution in [0.2, 0.25) is 0 Å². The van der Waals surface area contributed by atoms with Crippen LogP contribution in [0.15, 0.2) is 36.7 Å². The molecular weight excluding hydrogens is 231 g/mol. The number of hydrogen-bond acceptors (Lipinski definition) is 3. The smallest absolute Gasteiger partial charge is 0.123 e. The number of benzene rings is 1. The summed E-state index contributed by atoms with van der Waals surface area (Å²) in [5.74, 6) is 6.28. The van der Waals surface area contributed by atoms with Gasteiger partial charge in [0.2, 0.25) is 0 Å². The van der Waals surface area contributed by atoms with Gasteiger partial charge in [-0.2, -0.15) is 0 Å². The summed E-state index contributed by atoms with van der Waals surface area (Å²) in [5, 5.41) is 0. The van der Waals surface area contributed by atoms with Gasteiger partial charge in [0.25, 0.3) is 0 Å². The lowest BCUT2D eigenvalue weighted by Crippen LogP contribution is -2.28. The first-order chi connectivity index (χ1) is 8.70. The third-order valence-corrected chi connectivity index (χ3v) is 3.03. The van der Waals surface area contributed by atoms with Gasteiger partial charge in [0, 0.05) is 31.9 Å². The minimum absolute atomic E-state index is 0.0719. The van der Waals surface area contributed by atoms with Crippen LogP contribution in [0.1, 0.15) is 23.9 Å². The van der Waals surface area contributed by atoms with Gasteiger partial charge >= 0.3 is 0 Å². The Morgan fingerprint density at radius 1 is 1.50 bits per heavy atom. The van der Waals surface area contributed by atoms with Crippen molar-refractivity contribution in [2.24, 2.45) is 12.9 Å². The van der Waals surface area contributed by atoms with E-state index in [-0.39, 0.29) is 11.9 Å². The van der Waals surface area contributed by atoms with Gasteiger partial charge in [-0.15, -0.1) is 0 Å². The Kier molecular flexibility index (Phi) is 4.07. The first kappa shape index (κ1) is 12.7. The van der Waals surface area contributed by atoms with Crippen LogP contribution >= 0.6 is 0 Å². The van der Waals surface area contributed by atoms with E-state index in [1.165, 1.54) is 12.1 Å². The lowest BCUT2D eigenvalue weighted by Gasteiger charge is -2.16. The molecule has 0 amide bonds. The van der Waals surface area contributed by atoms with E-state index in [0.29, 0.717) is 0 Å². The van der Waals surface area contributed by atoms with Gasteiger partial charge in [-0.1, -0.05) is 12.1 Å². The van der Waals surface area contributed by atoms with Gasteiger partial charge < -0.3 is 4.57 Å². The Labute approximate surface area is 106 Å². The topological polar surface area (TPSA) is 55.9 Å². The number of nitrogens with two attached hydrogens (primary N) is 1. The van der Waals surface area contributed by atoms with Crippen molar-refractivity contribution in [3.8, 4) is 0 Å². The second-order valence-electron chi connectivity index (χ2n) is 4.27. The number of hydrazine groups is 1. The van der Waals surface area contributed by atoms with Crippen LogP contribution < -0.4 is 11.3 Å².